The second-order valence-electron chi connectivity index (χ2n) is 8.08. The van der Waals surface area contributed by atoms with Gasteiger partial charge in [-0.05, 0) is 85.2 Å². The molecule has 0 heterocycles. The van der Waals surface area contributed by atoms with Gasteiger partial charge in [-0.1, -0.05) is 35.9 Å². The molecular weight excluding hydrogens is 507 g/mol. The zero-order valence-electron chi connectivity index (χ0n) is 19.6. The van der Waals surface area contributed by atoms with Crippen LogP contribution in [0.15, 0.2) is 71.6 Å². The molecule has 0 saturated carbocycles. The summed E-state index contributed by atoms with van der Waals surface area (Å²) in [5.74, 6) is 0.667. The fraction of sp³-hybridized carbons (Fsp3) is 0.269. The molecule has 0 saturated heterocycles. The van der Waals surface area contributed by atoms with Gasteiger partial charge in [-0.3, -0.25) is 9.10 Å². The Morgan fingerprint density at radius 2 is 1.74 bits per heavy atom. The lowest BCUT2D eigenvalue weighted by molar-refractivity contribution is -0.119. The average molecular weight is 535 g/mol. The van der Waals surface area contributed by atoms with Crippen molar-refractivity contribution in [3.05, 3.63) is 94.3 Å². The number of nitrogens with one attached hydrogen (secondary N) is 1. The zero-order valence-corrected chi connectivity index (χ0v) is 22.0. The molecule has 0 unspecified atom stereocenters. The number of hydrogen-bond donors (Lipinski definition) is 1. The number of thioether (sulfide) groups is 1. The van der Waals surface area contributed by atoms with Crippen LogP contribution >= 0.6 is 23.4 Å². The van der Waals surface area contributed by atoms with Crippen molar-refractivity contribution >= 4 is 45.0 Å². The molecule has 0 radical (unpaired) electrons. The van der Waals surface area contributed by atoms with Crippen LogP contribution in [-0.4, -0.2) is 33.2 Å². The molecule has 0 fully saturated rings. The van der Waals surface area contributed by atoms with E-state index in [1.165, 1.54) is 30.3 Å². The van der Waals surface area contributed by atoms with Crippen LogP contribution in [0.2, 0.25) is 5.02 Å². The van der Waals surface area contributed by atoms with E-state index in [0.717, 1.165) is 21.2 Å². The molecule has 3 rings (SSSR count). The second-order valence-corrected chi connectivity index (χ2v) is 11.5. The molecule has 0 bridgehead atoms. The van der Waals surface area contributed by atoms with Crippen LogP contribution < -0.4 is 9.62 Å². The molecule has 0 atom stereocenters. The Kier molecular flexibility index (Phi) is 9.60. The van der Waals surface area contributed by atoms with Gasteiger partial charge in [0.15, 0.2) is 0 Å². The van der Waals surface area contributed by atoms with Gasteiger partial charge in [0.05, 0.1) is 10.6 Å². The lowest BCUT2D eigenvalue weighted by atomic mass is 10.1. The lowest BCUT2D eigenvalue weighted by Gasteiger charge is -2.25. The number of aryl methyl sites for hydroxylation is 2. The highest BCUT2D eigenvalue weighted by atomic mass is 35.5. The third-order valence-corrected chi connectivity index (χ3v) is 8.60. The van der Waals surface area contributed by atoms with Crippen molar-refractivity contribution in [2.45, 2.75) is 30.9 Å². The summed E-state index contributed by atoms with van der Waals surface area (Å²) < 4.78 is 41.6. The molecular formula is C26H28ClFN2O3S2. The summed E-state index contributed by atoms with van der Waals surface area (Å²) in [6.07, 6.45) is 0.679. The van der Waals surface area contributed by atoms with Crippen molar-refractivity contribution in [2.75, 3.05) is 23.1 Å². The third-order valence-electron chi connectivity index (χ3n) is 5.47. The molecule has 186 valence electrons. The minimum Gasteiger partial charge on any atom is -0.354 e. The second kappa shape index (κ2) is 12.4. The van der Waals surface area contributed by atoms with Crippen molar-refractivity contribution in [2.24, 2.45) is 0 Å². The van der Waals surface area contributed by atoms with Crippen molar-refractivity contribution in [1.29, 1.82) is 0 Å². The maximum Gasteiger partial charge on any atom is 0.264 e. The topological polar surface area (TPSA) is 66.5 Å². The van der Waals surface area contributed by atoms with E-state index in [-0.39, 0.29) is 17.3 Å². The highest BCUT2D eigenvalue weighted by Gasteiger charge is 2.27. The van der Waals surface area contributed by atoms with Gasteiger partial charge in [0.2, 0.25) is 5.91 Å². The summed E-state index contributed by atoms with van der Waals surface area (Å²) in [5, 5.41) is 3.22. The zero-order chi connectivity index (χ0) is 25.4. The normalized spacial score (nSPS) is 11.3. The van der Waals surface area contributed by atoms with E-state index >= 15 is 0 Å². The number of anilines is 1. The lowest BCUT2D eigenvalue weighted by Crippen LogP contribution is -2.41. The van der Waals surface area contributed by atoms with E-state index in [9.17, 15) is 17.6 Å². The summed E-state index contributed by atoms with van der Waals surface area (Å²) in [6.45, 7) is 3.87. The molecule has 5 nitrogen and oxygen atoms in total. The summed E-state index contributed by atoms with van der Waals surface area (Å²) >= 11 is 7.50. The fourth-order valence-corrected chi connectivity index (χ4v) is 5.80. The summed E-state index contributed by atoms with van der Waals surface area (Å²) in [6, 6.07) is 17.8. The van der Waals surface area contributed by atoms with Gasteiger partial charge in [0, 0.05) is 17.3 Å². The SMILES string of the molecule is Cc1ccc(N(CC(=O)NCCCSCc2ccccc2F)S(=O)(=O)c2ccc(Cl)cc2)cc1C. The van der Waals surface area contributed by atoms with Gasteiger partial charge in [0.1, 0.15) is 12.4 Å². The number of halogens is 2. The van der Waals surface area contributed by atoms with Crippen LogP contribution in [0.25, 0.3) is 0 Å². The van der Waals surface area contributed by atoms with E-state index in [0.29, 0.717) is 35.0 Å². The summed E-state index contributed by atoms with van der Waals surface area (Å²) in [7, 11) is -4.00. The van der Waals surface area contributed by atoms with Crippen LogP contribution in [0.5, 0.6) is 0 Å². The first-order chi connectivity index (χ1) is 16.7. The molecule has 0 aliphatic heterocycles. The Hall–Kier alpha value is -2.55. The standard InChI is InChI=1S/C26H28ClFN2O3S2/c1-19-8-11-23(16-20(19)2)30(35(32,33)24-12-9-22(27)10-13-24)17-26(31)29-14-5-15-34-18-21-6-3-4-7-25(21)28/h3-4,6-13,16H,5,14-15,17-18H2,1-2H3,(H,29,31). The quantitative estimate of drug-likeness (QED) is 0.319. The van der Waals surface area contributed by atoms with Crippen molar-refractivity contribution in [1.82, 2.24) is 5.32 Å². The number of hydrogen-bond acceptors (Lipinski definition) is 4. The molecule has 0 aliphatic carbocycles. The Bertz CT molecular complexity index is 1270. The molecule has 35 heavy (non-hydrogen) atoms. The van der Waals surface area contributed by atoms with Crippen LogP contribution in [-0.2, 0) is 20.6 Å². The third kappa shape index (κ3) is 7.46. The molecule has 0 spiro atoms. The van der Waals surface area contributed by atoms with Crippen molar-refractivity contribution < 1.29 is 17.6 Å². The maximum absolute atomic E-state index is 13.7. The van der Waals surface area contributed by atoms with Crippen LogP contribution in [0.3, 0.4) is 0 Å². The fourth-order valence-electron chi connectivity index (χ4n) is 3.32. The number of nitrogens with zero attached hydrogens (tertiary/aromatic N) is 1. The van der Waals surface area contributed by atoms with Gasteiger partial charge in [0.25, 0.3) is 10.0 Å². The smallest absolute Gasteiger partial charge is 0.264 e. The van der Waals surface area contributed by atoms with Gasteiger partial charge < -0.3 is 5.32 Å². The van der Waals surface area contributed by atoms with Crippen molar-refractivity contribution in [3.8, 4) is 0 Å². The van der Waals surface area contributed by atoms with E-state index in [4.69, 9.17) is 11.6 Å². The number of rotatable bonds is 11. The maximum atomic E-state index is 13.7. The largest absolute Gasteiger partial charge is 0.354 e. The van der Waals surface area contributed by atoms with E-state index in [1.54, 1.807) is 42.1 Å². The Balaban J connectivity index is 1.62. The molecule has 0 aromatic heterocycles. The first-order valence-electron chi connectivity index (χ1n) is 11.1. The van der Waals surface area contributed by atoms with Gasteiger partial charge >= 0.3 is 0 Å². The number of sulfonamides is 1. The monoisotopic (exact) mass is 534 g/mol. The van der Waals surface area contributed by atoms with Gasteiger partial charge in [-0.25, -0.2) is 12.8 Å². The number of benzene rings is 3. The van der Waals surface area contributed by atoms with E-state index in [1.807, 2.05) is 19.9 Å². The van der Waals surface area contributed by atoms with Crippen LogP contribution in [0.1, 0.15) is 23.1 Å². The average Bonchev–Trinajstić information content (AvgIpc) is 2.83. The first-order valence-corrected chi connectivity index (χ1v) is 14.1. The minimum absolute atomic E-state index is 0.0532. The van der Waals surface area contributed by atoms with Gasteiger partial charge in [-0.2, -0.15) is 11.8 Å². The van der Waals surface area contributed by atoms with E-state index < -0.39 is 15.9 Å². The van der Waals surface area contributed by atoms with Gasteiger partial charge in [-0.15, -0.1) is 0 Å². The molecule has 0 aliphatic rings. The predicted molar refractivity (Wildman–Crippen MR) is 142 cm³/mol. The molecule has 1 N–H and O–H groups in total. The molecule has 3 aromatic carbocycles. The molecule has 3 aromatic rings. The Morgan fingerprint density at radius 3 is 2.43 bits per heavy atom. The number of amides is 1. The van der Waals surface area contributed by atoms with Crippen LogP contribution in [0.4, 0.5) is 10.1 Å². The number of carbonyl (C=O) groups is 1. The molecule has 9 heteroatoms. The predicted octanol–water partition coefficient (Wildman–Crippen LogP) is 5.73. The van der Waals surface area contributed by atoms with E-state index in [2.05, 4.69) is 5.32 Å². The van der Waals surface area contributed by atoms with Crippen LogP contribution in [0, 0.1) is 19.7 Å². The summed E-state index contributed by atoms with van der Waals surface area (Å²) in [5.41, 5.74) is 3.01. The Morgan fingerprint density at radius 1 is 1.03 bits per heavy atom. The first kappa shape index (κ1) is 27.0. The number of carbonyl (C=O) groups excluding carboxylic acids is 1. The summed E-state index contributed by atoms with van der Waals surface area (Å²) in [4.78, 5) is 12.8. The van der Waals surface area contributed by atoms with Crippen molar-refractivity contribution in [3.63, 3.8) is 0 Å². The highest BCUT2D eigenvalue weighted by Crippen LogP contribution is 2.26. The molecule has 1 amide bonds. The highest BCUT2D eigenvalue weighted by molar-refractivity contribution is 7.98. The Labute approximate surface area is 215 Å². The minimum atomic E-state index is -4.00.